The number of anilines is 2. The van der Waals surface area contributed by atoms with Gasteiger partial charge >= 0.3 is 6.18 Å². The van der Waals surface area contributed by atoms with Gasteiger partial charge in [-0.3, -0.25) is 0 Å². The predicted octanol–water partition coefficient (Wildman–Crippen LogP) is 3.39. The van der Waals surface area contributed by atoms with Gasteiger partial charge in [0.05, 0.1) is 12.7 Å². The highest BCUT2D eigenvalue weighted by Gasteiger charge is 2.29. The highest BCUT2D eigenvalue weighted by Crippen LogP contribution is 2.32. The molecule has 0 aliphatic rings. The van der Waals surface area contributed by atoms with Gasteiger partial charge in [-0.1, -0.05) is 0 Å². The lowest BCUT2D eigenvalue weighted by Crippen LogP contribution is -2.04. The number of pyridine rings is 1. The molecule has 9 heteroatoms. The summed E-state index contributed by atoms with van der Waals surface area (Å²) in [6.07, 6.45) is -4.37. The number of benzene rings is 1. The number of hydrogen-bond acceptors (Lipinski definition) is 6. The second-order valence-corrected chi connectivity index (χ2v) is 4.35. The number of nitrogens with zero attached hydrogens (tertiary/aromatic N) is 3. The van der Waals surface area contributed by atoms with Gasteiger partial charge in [0.25, 0.3) is 0 Å². The van der Waals surface area contributed by atoms with Gasteiger partial charge in [-0.15, -0.1) is 0 Å². The first kappa shape index (κ1) is 14.1. The molecule has 22 heavy (non-hydrogen) atoms. The number of rotatable bonds is 3. The zero-order valence-electron chi connectivity index (χ0n) is 11.2. The molecular weight excluding hydrogens is 301 g/mol. The third kappa shape index (κ3) is 2.65. The molecule has 0 fully saturated rings. The second-order valence-electron chi connectivity index (χ2n) is 4.35. The zero-order valence-corrected chi connectivity index (χ0v) is 11.2. The first-order chi connectivity index (χ1) is 10.5. The Kier molecular flexibility index (Phi) is 3.32. The minimum atomic E-state index is -4.37. The molecule has 0 amide bonds. The van der Waals surface area contributed by atoms with Crippen molar-refractivity contribution in [3.8, 4) is 5.88 Å². The number of methoxy groups -OCH3 is 1. The maximum Gasteiger partial charge on any atom is 0.416 e. The monoisotopic (exact) mass is 310 g/mol. The van der Waals surface area contributed by atoms with Crippen LogP contribution in [0.5, 0.6) is 5.88 Å². The molecule has 3 rings (SSSR count). The van der Waals surface area contributed by atoms with Crippen LogP contribution < -0.4 is 10.1 Å². The van der Waals surface area contributed by atoms with Gasteiger partial charge in [0.1, 0.15) is 5.69 Å². The smallest absolute Gasteiger partial charge is 0.416 e. The first-order valence-electron chi connectivity index (χ1n) is 6.09. The second kappa shape index (κ2) is 5.17. The molecule has 0 spiro atoms. The summed E-state index contributed by atoms with van der Waals surface area (Å²) in [5.74, 6) is 0.225. The van der Waals surface area contributed by atoms with E-state index in [0.717, 1.165) is 12.1 Å². The van der Waals surface area contributed by atoms with Crippen molar-refractivity contribution < 1.29 is 22.5 Å². The molecule has 0 atom stereocenters. The van der Waals surface area contributed by atoms with E-state index in [9.17, 15) is 13.2 Å². The Hall–Kier alpha value is -2.84. The molecule has 0 bridgehead atoms. The van der Waals surface area contributed by atoms with Gasteiger partial charge in [-0.05, 0) is 34.6 Å². The number of halogens is 3. The summed E-state index contributed by atoms with van der Waals surface area (Å²) in [6, 6.07) is 6.17. The molecule has 2 heterocycles. The summed E-state index contributed by atoms with van der Waals surface area (Å²) in [5.41, 5.74) is 0.832. The summed E-state index contributed by atoms with van der Waals surface area (Å²) >= 11 is 0. The Morgan fingerprint density at radius 3 is 2.50 bits per heavy atom. The molecular formula is C13H9F3N4O2. The quantitative estimate of drug-likeness (QED) is 0.799. The Morgan fingerprint density at radius 1 is 1.14 bits per heavy atom. The topological polar surface area (TPSA) is 73.1 Å². The molecule has 0 radical (unpaired) electrons. The number of alkyl halides is 3. The average molecular weight is 310 g/mol. The van der Waals surface area contributed by atoms with E-state index in [4.69, 9.17) is 4.74 Å². The van der Waals surface area contributed by atoms with Crippen LogP contribution in [0.2, 0.25) is 0 Å². The van der Waals surface area contributed by atoms with E-state index in [1.54, 1.807) is 6.07 Å². The summed E-state index contributed by atoms with van der Waals surface area (Å²) in [7, 11) is 1.42. The molecule has 1 aromatic carbocycles. The molecule has 0 aliphatic carbocycles. The summed E-state index contributed by atoms with van der Waals surface area (Å²) in [4.78, 5) is 4.07. The largest absolute Gasteiger partial charge is 0.479 e. The van der Waals surface area contributed by atoms with E-state index < -0.39 is 11.7 Å². The average Bonchev–Trinajstić information content (AvgIpc) is 2.93. The molecule has 0 aliphatic heterocycles. The van der Waals surface area contributed by atoms with Crippen molar-refractivity contribution in [2.45, 2.75) is 6.18 Å². The van der Waals surface area contributed by atoms with Gasteiger partial charge in [0, 0.05) is 11.8 Å². The van der Waals surface area contributed by atoms with Crippen molar-refractivity contribution in [1.29, 1.82) is 0 Å². The van der Waals surface area contributed by atoms with E-state index >= 15 is 0 Å². The fourth-order valence-corrected chi connectivity index (χ4v) is 1.86. The normalized spacial score (nSPS) is 11.6. The van der Waals surface area contributed by atoms with Crippen LogP contribution in [0.1, 0.15) is 5.56 Å². The third-order valence-electron chi connectivity index (χ3n) is 2.90. The molecule has 1 N–H and O–H groups in total. The number of aromatic nitrogens is 3. The number of ether oxygens (including phenoxy) is 1. The Bertz CT molecular complexity index is 799. The minimum Gasteiger partial charge on any atom is -0.479 e. The fourth-order valence-electron chi connectivity index (χ4n) is 1.86. The predicted molar refractivity (Wildman–Crippen MR) is 70.9 cm³/mol. The van der Waals surface area contributed by atoms with E-state index in [2.05, 4.69) is 25.2 Å². The van der Waals surface area contributed by atoms with Crippen LogP contribution >= 0.6 is 0 Å². The van der Waals surface area contributed by atoms with E-state index in [-0.39, 0.29) is 11.5 Å². The maximum atomic E-state index is 12.5. The van der Waals surface area contributed by atoms with Crippen LogP contribution in [0.4, 0.5) is 24.5 Å². The van der Waals surface area contributed by atoms with E-state index in [1.807, 2.05) is 0 Å². The van der Waals surface area contributed by atoms with Crippen LogP contribution in [0.15, 0.2) is 35.0 Å². The van der Waals surface area contributed by atoms with Crippen LogP contribution in [0.25, 0.3) is 11.2 Å². The summed E-state index contributed by atoms with van der Waals surface area (Å²) in [6.45, 7) is 0. The lowest BCUT2D eigenvalue weighted by atomic mass is 10.2. The van der Waals surface area contributed by atoms with Crippen molar-refractivity contribution in [2.75, 3.05) is 12.4 Å². The summed E-state index contributed by atoms with van der Waals surface area (Å²) in [5, 5.41) is 10.2. The van der Waals surface area contributed by atoms with Crippen molar-refractivity contribution in [3.63, 3.8) is 0 Å². The minimum absolute atomic E-state index is 0.225. The van der Waals surface area contributed by atoms with Gasteiger partial charge in [-0.2, -0.15) is 18.2 Å². The molecule has 0 saturated heterocycles. The lowest BCUT2D eigenvalue weighted by molar-refractivity contribution is -0.137. The Balaban J connectivity index is 1.92. The Labute approximate surface area is 121 Å². The standard InChI is InChI=1S/C13H9F3N4O2/c1-21-12-10(6-9-11(18-12)20-22-19-9)17-8-4-2-7(3-5-8)13(14,15)16/h2-6,17H,1H3. The molecule has 2 aromatic heterocycles. The number of nitrogens with one attached hydrogen (secondary N) is 1. The molecule has 114 valence electrons. The van der Waals surface area contributed by atoms with Crippen molar-refractivity contribution in [1.82, 2.24) is 15.3 Å². The third-order valence-corrected chi connectivity index (χ3v) is 2.90. The van der Waals surface area contributed by atoms with E-state index in [0.29, 0.717) is 16.9 Å². The number of fused-ring (bicyclic) bond motifs is 1. The molecule has 6 nitrogen and oxygen atoms in total. The van der Waals surface area contributed by atoms with Gasteiger partial charge in [-0.25, -0.2) is 4.63 Å². The van der Waals surface area contributed by atoms with Gasteiger partial charge in [0.15, 0.2) is 5.52 Å². The fraction of sp³-hybridized carbons (Fsp3) is 0.154. The van der Waals surface area contributed by atoms with Crippen LogP contribution in [0.3, 0.4) is 0 Å². The van der Waals surface area contributed by atoms with Crippen LogP contribution in [-0.4, -0.2) is 22.4 Å². The van der Waals surface area contributed by atoms with Crippen LogP contribution in [-0.2, 0) is 6.18 Å². The number of hydrogen-bond donors (Lipinski definition) is 1. The zero-order chi connectivity index (χ0) is 15.7. The van der Waals surface area contributed by atoms with Crippen molar-refractivity contribution >= 4 is 22.5 Å². The van der Waals surface area contributed by atoms with E-state index in [1.165, 1.54) is 19.2 Å². The van der Waals surface area contributed by atoms with Crippen LogP contribution in [0, 0.1) is 0 Å². The Morgan fingerprint density at radius 2 is 1.86 bits per heavy atom. The van der Waals surface area contributed by atoms with Gasteiger partial charge in [0.2, 0.25) is 11.5 Å². The highest BCUT2D eigenvalue weighted by atomic mass is 19.4. The van der Waals surface area contributed by atoms with Crippen molar-refractivity contribution in [3.05, 3.63) is 35.9 Å². The first-order valence-corrected chi connectivity index (χ1v) is 6.09. The SMILES string of the molecule is COc1nc2nonc2cc1Nc1ccc(C(F)(F)F)cc1. The lowest BCUT2D eigenvalue weighted by Gasteiger charge is -2.11. The molecule has 0 saturated carbocycles. The summed E-state index contributed by atoms with van der Waals surface area (Å²) < 4.78 is 47.2. The van der Waals surface area contributed by atoms with Gasteiger partial charge < -0.3 is 10.1 Å². The maximum absolute atomic E-state index is 12.5. The van der Waals surface area contributed by atoms with Crippen molar-refractivity contribution in [2.24, 2.45) is 0 Å². The molecule has 3 aromatic rings. The molecule has 0 unspecified atom stereocenters. The highest BCUT2D eigenvalue weighted by molar-refractivity contribution is 5.78.